The fourth-order valence-electron chi connectivity index (χ4n) is 2.22. The zero-order valence-corrected chi connectivity index (χ0v) is 13.7. The van der Waals surface area contributed by atoms with Gasteiger partial charge >= 0.3 is 5.97 Å². The van der Waals surface area contributed by atoms with Crippen molar-refractivity contribution in [3.05, 3.63) is 64.7 Å². The van der Waals surface area contributed by atoms with Gasteiger partial charge in [-0.1, -0.05) is 36.4 Å². The molecule has 1 N–H and O–H groups in total. The van der Waals surface area contributed by atoms with E-state index in [0.717, 1.165) is 27.9 Å². The summed E-state index contributed by atoms with van der Waals surface area (Å²) in [5.74, 6) is -0.743. The van der Waals surface area contributed by atoms with Gasteiger partial charge in [0.1, 0.15) is 0 Å². The third kappa shape index (κ3) is 4.95. The number of benzene rings is 2. The zero-order valence-electron chi connectivity index (χ0n) is 13.7. The summed E-state index contributed by atoms with van der Waals surface area (Å²) in [6.45, 7) is 5.53. The van der Waals surface area contributed by atoms with Gasteiger partial charge in [-0.05, 0) is 49.1 Å². The SMILES string of the molecule is Cc1ccc(C)c(NC(=O)COC(=O)Cc2ccccc2C)c1. The molecule has 2 rings (SSSR count). The summed E-state index contributed by atoms with van der Waals surface area (Å²) in [6, 6.07) is 13.4. The molecule has 0 aliphatic heterocycles. The predicted octanol–water partition coefficient (Wildman–Crippen LogP) is 3.34. The van der Waals surface area contributed by atoms with Crippen molar-refractivity contribution in [1.82, 2.24) is 0 Å². The predicted molar refractivity (Wildman–Crippen MR) is 90.4 cm³/mol. The molecule has 0 spiro atoms. The fraction of sp³-hybridized carbons (Fsp3) is 0.263. The molecule has 0 heterocycles. The molecule has 2 aromatic rings. The van der Waals surface area contributed by atoms with E-state index in [2.05, 4.69) is 5.32 Å². The van der Waals surface area contributed by atoms with Crippen LogP contribution in [-0.2, 0) is 20.7 Å². The Morgan fingerprint density at radius 2 is 1.74 bits per heavy atom. The van der Waals surface area contributed by atoms with Gasteiger partial charge in [-0.15, -0.1) is 0 Å². The first-order valence-electron chi connectivity index (χ1n) is 7.53. The Hall–Kier alpha value is -2.62. The molecule has 0 aliphatic carbocycles. The second-order valence-electron chi connectivity index (χ2n) is 5.63. The molecule has 120 valence electrons. The lowest BCUT2D eigenvalue weighted by molar-refractivity contribution is -0.146. The number of hydrogen-bond donors (Lipinski definition) is 1. The highest BCUT2D eigenvalue weighted by Gasteiger charge is 2.11. The molecule has 0 fully saturated rings. The Balaban J connectivity index is 1.85. The van der Waals surface area contributed by atoms with Crippen LogP contribution in [0.1, 0.15) is 22.3 Å². The highest BCUT2D eigenvalue weighted by atomic mass is 16.5. The topological polar surface area (TPSA) is 55.4 Å². The summed E-state index contributed by atoms with van der Waals surface area (Å²) in [4.78, 5) is 23.8. The molecule has 0 unspecified atom stereocenters. The van der Waals surface area contributed by atoms with Gasteiger partial charge in [-0.2, -0.15) is 0 Å². The molecular formula is C19H21NO3. The monoisotopic (exact) mass is 311 g/mol. The number of esters is 1. The maximum atomic E-state index is 11.9. The molecule has 4 heteroatoms. The summed E-state index contributed by atoms with van der Waals surface area (Å²) >= 11 is 0. The Labute approximate surface area is 136 Å². The van der Waals surface area contributed by atoms with Crippen molar-refractivity contribution < 1.29 is 14.3 Å². The lowest BCUT2D eigenvalue weighted by atomic mass is 10.1. The number of rotatable bonds is 5. The summed E-state index contributed by atoms with van der Waals surface area (Å²) < 4.78 is 5.05. The van der Waals surface area contributed by atoms with E-state index in [4.69, 9.17) is 4.74 Å². The molecule has 0 aliphatic rings. The van der Waals surface area contributed by atoms with Gasteiger partial charge in [0.25, 0.3) is 5.91 Å². The van der Waals surface area contributed by atoms with Crippen LogP contribution in [-0.4, -0.2) is 18.5 Å². The highest BCUT2D eigenvalue weighted by Crippen LogP contribution is 2.16. The number of aryl methyl sites for hydroxylation is 3. The van der Waals surface area contributed by atoms with E-state index < -0.39 is 5.97 Å². The number of anilines is 1. The fourth-order valence-corrected chi connectivity index (χ4v) is 2.22. The largest absolute Gasteiger partial charge is 0.455 e. The standard InChI is InChI=1S/C19H21NO3/c1-13-8-9-15(3)17(10-13)20-18(21)12-23-19(22)11-16-7-5-4-6-14(16)2/h4-10H,11-12H2,1-3H3,(H,20,21). The van der Waals surface area contributed by atoms with Gasteiger partial charge in [-0.3, -0.25) is 9.59 Å². The van der Waals surface area contributed by atoms with Crippen LogP contribution in [0.5, 0.6) is 0 Å². The third-order valence-electron chi connectivity index (χ3n) is 3.63. The number of amides is 1. The first-order chi connectivity index (χ1) is 11.0. The Bertz CT molecular complexity index is 722. The number of ether oxygens (including phenoxy) is 1. The molecule has 2 aromatic carbocycles. The second-order valence-corrected chi connectivity index (χ2v) is 5.63. The van der Waals surface area contributed by atoms with Crippen molar-refractivity contribution in [2.75, 3.05) is 11.9 Å². The van der Waals surface area contributed by atoms with Gasteiger partial charge in [0, 0.05) is 5.69 Å². The van der Waals surface area contributed by atoms with Gasteiger partial charge < -0.3 is 10.1 Å². The highest BCUT2D eigenvalue weighted by molar-refractivity contribution is 5.93. The number of nitrogens with one attached hydrogen (secondary N) is 1. The van der Waals surface area contributed by atoms with Crippen LogP contribution in [0.15, 0.2) is 42.5 Å². The summed E-state index contributed by atoms with van der Waals surface area (Å²) in [6.07, 6.45) is 0.170. The summed E-state index contributed by atoms with van der Waals surface area (Å²) in [7, 11) is 0. The molecule has 0 saturated heterocycles. The van der Waals surface area contributed by atoms with Crippen LogP contribution in [0.3, 0.4) is 0 Å². The van der Waals surface area contributed by atoms with Crippen LogP contribution >= 0.6 is 0 Å². The molecule has 0 aromatic heterocycles. The average Bonchev–Trinajstić information content (AvgIpc) is 2.51. The third-order valence-corrected chi connectivity index (χ3v) is 3.63. The first kappa shape index (κ1) is 16.7. The minimum atomic E-state index is -0.407. The van der Waals surface area contributed by atoms with E-state index in [0.29, 0.717) is 0 Å². The smallest absolute Gasteiger partial charge is 0.310 e. The van der Waals surface area contributed by atoms with Crippen molar-refractivity contribution >= 4 is 17.6 Å². The van der Waals surface area contributed by atoms with Crippen LogP contribution in [0, 0.1) is 20.8 Å². The van der Waals surface area contributed by atoms with E-state index in [-0.39, 0.29) is 18.9 Å². The minimum absolute atomic E-state index is 0.170. The van der Waals surface area contributed by atoms with Crippen LogP contribution < -0.4 is 5.32 Å². The number of carbonyl (C=O) groups excluding carboxylic acids is 2. The van der Waals surface area contributed by atoms with Crippen LogP contribution in [0.25, 0.3) is 0 Å². The Kier molecular flexibility index (Phi) is 5.52. The number of carbonyl (C=O) groups is 2. The maximum absolute atomic E-state index is 11.9. The molecule has 0 atom stereocenters. The van der Waals surface area contributed by atoms with Crippen molar-refractivity contribution in [2.45, 2.75) is 27.2 Å². The maximum Gasteiger partial charge on any atom is 0.310 e. The Morgan fingerprint density at radius 3 is 2.48 bits per heavy atom. The normalized spacial score (nSPS) is 10.2. The van der Waals surface area contributed by atoms with Crippen molar-refractivity contribution in [3.63, 3.8) is 0 Å². The molecule has 23 heavy (non-hydrogen) atoms. The minimum Gasteiger partial charge on any atom is -0.455 e. The van der Waals surface area contributed by atoms with Crippen molar-refractivity contribution in [1.29, 1.82) is 0 Å². The molecular weight excluding hydrogens is 290 g/mol. The zero-order chi connectivity index (χ0) is 16.8. The van der Waals surface area contributed by atoms with E-state index >= 15 is 0 Å². The van der Waals surface area contributed by atoms with E-state index in [1.807, 2.05) is 63.2 Å². The van der Waals surface area contributed by atoms with Gasteiger partial charge in [0.15, 0.2) is 6.61 Å². The molecule has 0 radical (unpaired) electrons. The lowest BCUT2D eigenvalue weighted by Gasteiger charge is -2.10. The second kappa shape index (κ2) is 7.58. The molecule has 0 saturated carbocycles. The molecule has 0 bridgehead atoms. The lowest BCUT2D eigenvalue weighted by Crippen LogP contribution is -2.22. The Morgan fingerprint density at radius 1 is 1.00 bits per heavy atom. The molecule has 1 amide bonds. The van der Waals surface area contributed by atoms with Crippen molar-refractivity contribution in [2.24, 2.45) is 0 Å². The van der Waals surface area contributed by atoms with E-state index in [1.54, 1.807) is 0 Å². The quantitative estimate of drug-likeness (QED) is 0.862. The summed E-state index contributed by atoms with van der Waals surface area (Å²) in [5.41, 5.74) is 4.71. The van der Waals surface area contributed by atoms with Gasteiger partial charge in [0.2, 0.25) is 0 Å². The van der Waals surface area contributed by atoms with Gasteiger partial charge in [0.05, 0.1) is 6.42 Å². The van der Waals surface area contributed by atoms with Gasteiger partial charge in [-0.25, -0.2) is 0 Å². The van der Waals surface area contributed by atoms with E-state index in [9.17, 15) is 9.59 Å². The van der Waals surface area contributed by atoms with Crippen molar-refractivity contribution in [3.8, 4) is 0 Å². The van der Waals surface area contributed by atoms with Crippen LogP contribution in [0.4, 0.5) is 5.69 Å². The van der Waals surface area contributed by atoms with E-state index in [1.165, 1.54) is 0 Å². The van der Waals surface area contributed by atoms with Crippen LogP contribution in [0.2, 0.25) is 0 Å². The summed E-state index contributed by atoms with van der Waals surface area (Å²) in [5, 5.41) is 2.77. The number of hydrogen-bond acceptors (Lipinski definition) is 3. The molecule has 4 nitrogen and oxygen atoms in total. The first-order valence-corrected chi connectivity index (χ1v) is 7.53. The average molecular weight is 311 g/mol.